The number of halogens is 2. The van der Waals surface area contributed by atoms with Gasteiger partial charge in [-0.15, -0.1) is 0 Å². The smallest absolute Gasteiger partial charge is 0.415 e. The number of hydrogen-bond acceptors (Lipinski definition) is 9. The summed E-state index contributed by atoms with van der Waals surface area (Å²) in [6, 6.07) is 0.735. The summed E-state index contributed by atoms with van der Waals surface area (Å²) < 4.78 is 56.7. The summed E-state index contributed by atoms with van der Waals surface area (Å²) in [6.45, 7) is 10.9. The predicted octanol–water partition coefficient (Wildman–Crippen LogP) is 5.08. The highest BCUT2D eigenvalue weighted by Crippen LogP contribution is 2.50. The molecular weight excluding hydrogens is 598 g/mol. The molecule has 3 amide bonds. The summed E-state index contributed by atoms with van der Waals surface area (Å²) in [5.41, 5.74) is -1.77. The molecule has 4 atom stereocenters. The molecule has 0 aromatic carbocycles. The first-order chi connectivity index (χ1) is 20.6. The minimum absolute atomic E-state index is 0.0364. The zero-order chi connectivity index (χ0) is 32.0. The molecule has 44 heavy (non-hydrogen) atoms. The lowest BCUT2D eigenvalue weighted by molar-refractivity contribution is -0.144. The Morgan fingerprint density at radius 1 is 1.27 bits per heavy atom. The molecule has 3 aliphatic heterocycles. The van der Waals surface area contributed by atoms with Crippen molar-refractivity contribution in [2.45, 2.75) is 83.8 Å². The summed E-state index contributed by atoms with van der Waals surface area (Å²) >= 11 is 1.08. The highest BCUT2D eigenvalue weighted by molar-refractivity contribution is 7.10. The first-order valence-corrected chi connectivity index (χ1v) is 15.2. The lowest BCUT2D eigenvalue weighted by Crippen LogP contribution is -2.57. The van der Waals surface area contributed by atoms with Gasteiger partial charge in [0.05, 0.1) is 30.4 Å². The number of amides is 3. The Kier molecular flexibility index (Phi) is 8.64. The van der Waals surface area contributed by atoms with Crippen LogP contribution in [0.15, 0.2) is 41.5 Å². The van der Waals surface area contributed by atoms with Crippen molar-refractivity contribution in [2.24, 2.45) is 5.41 Å². The number of carbonyl (C=O) groups excluding carboxylic acids is 3. The van der Waals surface area contributed by atoms with E-state index in [-0.39, 0.29) is 45.2 Å². The molecule has 2 saturated heterocycles. The fraction of sp³-hybridized carbons (Fsp3) is 0.600. The van der Waals surface area contributed by atoms with Crippen LogP contribution in [-0.4, -0.2) is 83.2 Å². The first kappa shape index (κ1) is 32.0. The first-order valence-electron chi connectivity index (χ1n) is 14.5. The van der Waals surface area contributed by atoms with Crippen LogP contribution >= 0.6 is 11.5 Å². The van der Waals surface area contributed by atoms with Crippen molar-refractivity contribution >= 4 is 34.6 Å². The zero-order valence-electron chi connectivity index (χ0n) is 25.6. The zero-order valence-corrected chi connectivity index (χ0v) is 26.5. The number of alkyl carbamates (subject to hydrolysis) is 1. The largest absolute Gasteiger partial charge is 0.443 e. The minimum Gasteiger partial charge on any atom is -0.443 e. The van der Waals surface area contributed by atoms with E-state index in [9.17, 15) is 14.4 Å². The Bertz CT molecular complexity index is 1410. The molecule has 240 valence electrons. The lowest BCUT2D eigenvalue weighted by Gasteiger charge is -2.48. The van der Waals surface area contributed by atoms with Gasteiger partial charge in [0.2, 0.25) is 0 Å². The standard InChI is InChI=1S/C30H38F2N4O7S/c1-17-9-23(44-34-17)35(27(39)43-28(2,3)4)14-21-24(33-26(38)42-21)30(12-19(31)10-20(32)13-30)18-7-8-36(29(5,6)11-18)25(37)22-15-40-16-41-22/h9-12,21-22,24H,7-8,13-16H2,1-6H3,(H,33,38)/t21-,22+,24?,30?/m1/s1. The molecule has 0 saturated carbocycles. The third-order valence-electron chi connectivity index (χ3n) is 8.06. The van der Waals surface area contributed by atoms with E-state index < -0.39 is 58.6 Å². The average molecular weight is 637 g/mol. The topological polar surface area (TPSA) is 120 Å². The molecule has 0 bridgehead atoms. The molecule has 2 fully saturated rings. The number of rotatable bonds is 6. The van der Waals surface area contributed by atoms with E-state index in [1.54, 1.807) is 38.7 Å². The highest BCUT2D eigenvalue weighted by Gasteiger charge is 2.54. The van der Waals surface area contributed by atoms with Gasteiger partial charge in [-0.05, 0) is 71.6 Å². The second kappa shape index (κ2) is 11.9. The number of aryl methyl sites for hydroxylation is 1. The number of hydrogen-bond donors (Lipinski definition) is 1. The number of allylic oxidation sites excluding steroid dienone is 3. The number of nitrogens with one attached hydrogen (secondary N) is 1. The molecule has 4 heterocycles. The van der Waals surface area contributed by atoms with Crippen LogP contribution < -0.4 is 10.2 Å². The Morgan fingerprint density at radius 3 is 2.61 bits per heavy atom. The van der Waals surface area contributed by atoms with E-state index in [2.05, 4.69) is 9.69 Å². The fourth-order valence-electron chi connectivity index (χ4n) is 6.22. The maximum atomic E-state index is 15.2. The van der Waals surface area contributed by atoms with E-state index in [1.165, 1.54) is 11.0 Å². The van der Waals surface area contributed by atoms with Gasteiger partial charge < -0.3 is 29.2 Å². The number of ether oxygens (including phenoxy) is 4. The molecule has 5 rings (SSSR count). The second-order valence-corrected chi connectivity index (χ2v) is 13.8. The molecule has 1 aromatic rings. The summed E-state index contributed by atoms with van der Waals surface area (Å²) in [6.07, 6.45) is 0.746. The highest BCUT2D eigenvalue weighted by atomic mass is 32.1. The van der Waals surface area contributed by atoms with Gasteiger partial charge in [0.1, 0.15) is 35.2 Å². The molecule has 0 radical (unpaired) electrons. The van der Waals surface area contributed by atoms with Crippen LogP contribution in [0, 0.1) is 12.3 Å². The van der Waals surface area contributed by atoms with E-state index in [1.807, 2.05) is 19.9 Å². The second-order valence-electron chi connectivity index (χ2n) is 13.0. The van der Waals surface area contributed by atoms with Crippen LogP contribution in [0.5, 0.6) is 0 Å². The van der Waals surface area contributed by atoms with Crippen LogP contribution in [0.1, 0.15) is 53.2 Å². The third-order valence-corrected chi connectivity index (χ3v) is 8.96. The lowest BCUT2D eigenvalue weighted by atomic mass is 9.64. The van der Waals surface area contributed by atoms with E-state index in [4.69, 9.17) is 18.9 Å². The van der Waals surface area contributed by atoms with Gasteiger partial charge in [-0.3, -0.25) is 9.69 Å². The van der Waals surface area contributed by atoms with Gasteiger partial charge in [-0.2, -0.15) is 4.37 Å². The Balaban J connectivity index is 1.52. The monoisotopic (exact) mass is 636 g/mol. The number of nitrogens with zero attached hydrogens (tertiary/aromatic N) is 3. The van der Waals surface area contributed by atoms with Crippen LogP contribution in [0.3, 0.4) is 0 Å². The summed E-state index contributed by atoms with van der Waals surface area (Å²) in [5.74, 6) is -1.75. The molecule has 2 unspecified atom stereocenters. The van der Waals surface area contributed by atoms with Crippen LogP contribution in [0.2, 0.25) is 0 Å². The van der Waals surface area contributed by atoms with Crippen LogP contribution in [-0.2, 0) is 23.7 Å². The molecule has 1 aromatic heterocycles. The molecule has 11 nitrogen and oxygen atoms in total. The third kappa shape index (κ3) is 6.52. The molecule has 1 N–H and O–H groups in total. The van der Waals surface area contributed by atoms with Crippen molar-refractivity contribution in [3.05, 3.63) is 47.2 Å². The quantitative estimate of drug-likeness (QED) is 0.430. The number of aromatic nitrogens is 1. The van der Waals surface area contributed by atoms with E-state index in [0.717, 1.165) is 17.6 Å². The van der Waals surface area contributed by atoms with Crippen molar-refractivity contribution in [2.75, 3.05) is 31.4 Å². The van der Waals surface area contributed by atoms with Crippen molar-refractivity contribution in [1.29, 1.82) is 0 Å². The van der Waals surface area contributed by atoms with Gasteiger partial charge in [0.15, 0.2) is 6.10 Å². The van der Waals surface area contributed by atoms with Crippen molar-refractivity contribution < 1.29 is 42.1 Å². The van der Waals surface area contributed by atoms with Gasteiger partial charge in [0, 0.05) is 24.5 Å². The number of cyclic esters (lactones) is 1. The van der Waals surface area contributed by atoms with Crippen molar-refractivity contribution in [3.63, 3.8) is 0 Å². The van der Waals surface area contributed by atoms with Gasteiger partial charge >= 0.3 is 12.2 Å². The van der Waals surface area contributed by atoms with Crippen molar-refractivity contribution in [3.8, 4) is 0 Å². The van der Waals surface area contributed by atoms with E-state index in [0.29, 0.717) is 16.3 Å². The Hall–Kier alpha value is -3.36. The minimum atomic E-state index is -1.40. The summed E-state index contributed by atoms with van der Waals surface area (Å²) in [5, 5.41) is 3.26. The molecule has 0 spiro atoms. The van der Waals surface area contributed by atoms with E-state index >= 15 is 8.78 Å². The molecule has 1 aliphatic carbocycles. The fourth-order valence-corrected chi connectivity index (χ4v) is 6.99. The molecule has 4 aliphatic rings. The number of anilines is 1. The Labute approximate surface area is 259 Å². The predicted molar refractivity (Wildman–Crippen MR) is 157 cm³/mol. The van der Waals surface area contributed by atoms with Gasteiger partial charge in [-0.25, -0.2) is 18.4 Å². The Morgan fingerprint density at radius 2 is 2.02 bits per heavy atom. The summed E-state index contributed by atoms with van der Waals surface area (Å²) in [4.78, 5) is 42.5. The summed E-state index contributed by atoms with van der Waals surface area (Å²) in [7, 11) is 0. The molecule has 14 heteroatoms. The van der Waals surface area contributed by atoms with Gasteiger partial charge in [0.25, 0.3) is 5.91 Å². The SMILES string of the molecule is Cc1cc(N(C[C@H]2OC(=O)NC2C2(C3=CC(C)(C)N(C(=O)[C@@H]4COCO4)CC3)C=C(F)C=C(F)C2)C(=O)OC(C)(C)C)sn1. The van der Waals surface area contributed by atoms with Crippen LogP contribution in [0.4, 0.5) is 23.4 Å². The number of carbonyl (C=O) groups is 3. The van der Waals surface area contributed by atoms with Crippen LogP contribution in [0.25, 0.3) is 0 Å². The van der Waals surface area contributed by atoms with Gasteiger partial charge in [-0.1, -0.05) is 11.6 Å². The average Bonchev–Trinajstić information content (AvgIpc) is 3.66. The maximum absolute atomic E-state index is 15.2. The molecular formula is C30H38F2N4O7S. The maximum Gasteiger partial charge on any atom is 0.415 e. The van der Waals surface area contributed by atoms with Crippen molar-refractivity contribution in [1.82, 2.24) is 14.6 Å². The normalized spacial score (nSPS) is 28.5.